The summed E-state index contributed by atoms with van der Waals surface area (Å²) in [5.41, 5.74) is 16.2. The first-order chi connectivity index (χ1) is 15.8. The van der Waals surface area contributed by atoms with Gasteiger partial charge in [-0.1, -0.05) is 13.8 Å². The van der Waals surface area contributed by atoms with Crippen LogP contribution in [0.1, 0.15) is 52.4 Å². The number of hydrogen-bond acceptors (Lipinski definition) is 8. The molecule has 11 N–H and O–H groups in total. The Balaban J connectivity index is 5.55. The van der Waals surface area contributed by atoms with Crippen molar-refractivity contribution in [2.24, 2.45) is 23.1 Å². The lowest BCUT2D eigenvalue weighted by molar-refractivity contribution is -0.143. The van der Waals surface area contributed by atoms with Crippen LogP contribution in [0.5, 0.6) is 0 Å². The maximum absolute atomic E-state index is 12.7. The van der Waals surface area contributed by atoms with Crippen LogP contribution in [0.4, 0.5) is 0 Å². The van der Waals surface area contributed by atoms with Crippen LogP contribution in [0.15, 0.2) is 0 Å². The minimum atomic E-state index is -1.57. The molecule has 0 aromatic carbocycles. The maximum Gasteiger partial charge on any atom is 0.326 e. The highest BCUT2D eigenvalue weighted by molar-refractivity contribution is 5.95. The summed E-state index contributed by atoms with van der Waals surface area (Å²) in [5.74, 6) is -6.47. The summed E-state index contributed by atoms with van der Waals surface area (Å²) in [7, 11) is 0. The van der Waals surface area contributed by atoms with Crippen molar-refractivity contribution >= 4 is 35.6 Å². The zero-order valence-electron chi connectivity index (χ0n) is 19.4. The number of hydrogen-bond donors (Lipinski definition) is 8. The highest BCUT2D eigenvalue weighted by atomic mass is 16.4. The van der Waals surface area contributed by atoms with Gasteiger partial charge in [0.15, 0.2) is 0 Å². The predicted molar refractivity (Wildman–Crippen MR) is 120 cm³/mol. The number of amides is 4. The summed E-state index contributed by atoms with van der Waals surface area (Å²) >= 11 is 0. The molecule has 0 fully saturated rings. The molecule has 0 spiro atoms. The van der Waals surface area contributed by atoms with Gasteiger partial charge in [-0.25, -0.2) is 4.79 Å². The zero-order valence-corrected chi connectivity index (χ0v) is 19.4. The summed E-state index contributed by atoms with van der Waals surface area (Å²) in [6, 6.07) is -5.27. The predicted octanol–water partition coefficient (Wildman–Crippen LogP) is -2.62. The standard InChI is InChI=1S/C20H36N6O8/c1-10(2)16(23)19(32)26-13(9-15(28)29)18(31)24-11(6-7-14(22)27)17(30)25-12(20(33)34)5-3-4-8-21/h10-13,16H,3-9,21,23H2,1-2H3,(H2,22,27)(H,24,31)(H,25,30)(H,26,32)(H,28,29)(H,33,34). The summed E-state index contributed by atoms with van der Waals surface area (Å²) < 4.78 is 0. The highest BCUT2D eigenvalue weighted by Gasteiger charge is 2.31. The molecule has 14 heteroatoms. The molecule has 194 valence electrons. The Morgan fingerprint density at radius 3 is 1.79 bits per heavy atom. The third kappa shape index (κ3) is 12.1. The van der Waals surface area contributed by atoms with Gasteiger partial charge in [0.1, 0.15) is 18.1 Å². The van der Waals surface area contributed by atoms with E-state index in [0.717, 1.165) is 0 Å². The number of carbonyl (C=O) groups excluding carboxylic acids is 4. The third-order valence-electron chi connectivity index (χ3n) is 4.91. The molecule has 4 atom stereocenters. The normalized spacial score (nSPS) is 14.4. The second-order valence-corrected chi connectivity index (χ2v) is 8.18. The lowest BCUT2D eigenvalue weighted by Gasteiger charge is -2.25. The largest absolute Gasteiger partial charge is 0.481 e. The summed E-state index contributed by atoms with van der Waals surface area (Å²) in [6.45, 7) is 3.66. The molecule has 0 saturated heterocycles. The first kappa shape index (κ1) is 30.7. The first-order valence-corrected chi connectivity index (χ1v) is 10.9. The molecule has 0 rings (SSSR count). The summed E-state index contributed by atoms with van der Waals surface area (Å²) in [5, 5.41) is 25.3. The van der Waals surface area contributed by atoms with Gasteiger partial charge in [-0.2, -0.15) is 0 Å². The molecule has 4 amide bonds. The molecule has 0 radical (unpaired) electrons. The van der Waals surface area contributed by atoms with Crippen LogP contribution in [0.3, 0.4) is 0 Å². The Bertz CT molecular complexity index is 745. The van der Waals surface area contributed by atoms with Crippen molar-refractivity contribution in [1.29, 1.82) is 0 Å². The molecule has 0 bridgehead atoms. The quantitative estimate of drug-likeness (QED) is 0.0988. The van der Waals surface area contributed by atoms with Crippen LogP contribution in [0.25, 0.3) is 0 Å². The van der Waals surface area contributed by atoms with Gasteiger partial charge in [0.2, 0.25) is 23.6 Å². The third-order valence-corrected chi connectivity index (χ3v) is 4.91. The van der Waals surface area contributed by atoms with Crippen molar-refractivity contribution in [3.05, 3.63) is 0 Å². The number of carboxylic acids is 2. The van der Waals surface area contributed by atoms with Gasteiger partial charge in [-0.3, -0.25) is 24.0 Å². The van der Waals surface area contributed by atoms with Crippen molar-refractivity contribution in [1.82, 2.24) is 16.0 Å². The number of primary amides is 1. The van der Waals surface area contributed by atoms with Gasteiger partial charge in [0.05, 0.1) is 12.5 Å². The average Bonchev–Trinajstić information content (AvgIpc) is 2.73. The summed E-state index contributed by atoms with van der Waals surface area (Å²) in [6.07, 6.45) is -0.354. The van der Waals surface area contributed by atoms with Gasteiger partial charge in [-0.15, -0.1) is 0 Å². The molecular formula is C20H36N6O8. The van der Waals surface area contributed by atoms with Gasteiger partial charge in [-0.05, 0) is 38.1 Å². The SMILES string of the molecule is CC(C)C(N)C(=O)NC(CC(=O)O)C(=O)NC(CCC(N)=O)C(=O)NC(CCCCN)C(=O)O. The monoisotopic (exact) mass is 488 g/mol. The first-order valence-electron chi connectivity index (χ1n) is 10.9. The molecule has 4 unspecified atom stereocenters. The molecule has 0 aliphatic heterocycles. The second kappa shape index (κ2) is 15.6. The van der Waals surface area contributed by atoms with E-state index < -0.39 is 66.2 Å². The molecule has 0 aromatic rings. The second-order valence-electron chi connectivity index (χ2n) is 8.18. The molecule has 0 heterocycles. The Morgan fingerprint density at radius 2 is 1.32 bits per heavy atom. The fourth-order valence-electron chi connectivity index (χ4n) is 2.80. The van der Waals surface area contributed by atoms with E-state index in [-0.39, 0.29) is 25.2 Å². The maximum atomic E-state index is 12.7. The lowest BCUT2D eigenvalue weighted by atomic mass is 10.0. The van der Waals surface area contributed by atoms with Crippen molar-refractivity contribution in [2.45, 2.75) is 76.5 Å². The molecule has 0 aliphatic carbocycles. The van der Waals surface area contributed by atoms with E-state index in [9.17, 15) is 33.9 Å². The minimum absolute atomic E-state index is 0.0829. The number of nitrogens with two attached hydrogens (primary N) is 3. The van der Waals surface area contributed by atoms with Crippen LogP contribution in [-0.4, -0.2) is 76.5 Å². The van der Waals surface area contributed by atoms with E-state index in [1.807, 2.05) is 0 Å². The number of carboxylic acid groups (broad SMARTS) is 2. The van der Waals surface area contributed by atoms with E-state index in [1.54, 1.807) is 13.8 Å². The van der Waals surface area contributed by atoms with E-state index in [4.69, 9.17) is 22.3 Å². The van der Waals surface area contributed by atoms with E-state index in [1.165, 1.54) is 0 Å². The van der Waals surface area contributed by atoms with Gasteiger partial charge in [0, 0.05) is 6.42 Å². The van der Waals surface area contributed by atoms with Crippen molar-refractivity contribution in [2.75, 3.05) is 6.54 Å². The van der Waals surface area contributed by atoms with Crippen LogP contribution in [-0.2, 0) is 28.8 Å². The van der Waals surface area contributed by atoms with Crippen molar-refractivity contribution in [3.8, 4) is 0 Å². The smallest absolute Gasteiger partial charge is 0.326 e. The van der Waals surface area contributed by atoms with Crippen molar-refractivity contribution < 1.29 is 39.0 Å². The fourth-order valence-corrected chi connectivity index (χ4v) is 2.80. The molecule has 34 heavy (non-hydrogen) atoms. The Morgan fingerprint density at radius 1 is 0.794 bits per heavy atom. The highest BCUT2D eigenvalue weighted by Crippen LogP contribution is 2.06. The van der Waals surface area contributed by atoms with E-state index in [0.29, 0.717) is 19.4 Å². The number of unbranched alkanes of at least 4 members (excludes halogenated alkanes) is 1. The lowest BCUT2D eigenvalue weighted by Crippen LogP contribution is -2.58. The topological polar surface area (TPSA) is 257 Å². The summed E-state index contributed by atoms with van der Waals surface area (Å²) in [4.78, 5) is 71.6. The molecule has 0 aliphatic rings. The number of rotatable bonds is 17. The van der Waals surface area contributed by atoms with Gasteiger partial charge >= 0.3 is 11.9 Å². The van der Waals surface area contributed by atoms with Crippen LogP contribution < -0.4 is 33.2 Å². The molecular weight excluding hydrogens is 452 g/mol. The van der Waals surface area contributed by atoms with Crippen LogP contribution in [0, 0.1) is 5.92 Å². The van der Waals surface area contributed by atoms with Gasteiger partial charge in [0.25, 0.3) is 0 Å². The number of carbonyl (C=O) groups is 6. The molecule has 0 saturated carbocycles. The molecule has 14 nitrogen and oxygen atoms in total. The van der Waals surface area contributed by atoms with Crippen LogP contribution in [0.2, 0.25) is 0 Å². The zero-order chi connectivity index (χ0) is 26.4. The molecule has 0 aromatic heterocycles. The number of nitrogens with one attached hydrogen (secondary N) is 3. The van der Waals surface area contributed by atoms with Crippen molar-refractivity contribution in [3.63, 3.8) is 0 Å². The van der Waals surface area contributed by atoms with E-state index >= 15 is 0 Å². The van der Waals surface area contributed by atoms with E-state index in [2.05, 4.69) is 16.0 Å². The number of aliphatic carboxylic acids is 2. The Hall–Kier alpha value is -3.26. The average molecular weight is 489 g/mol. The minimum Gasteiger partial charge on any atom is -0.481 e. The fraction of sp³-hybridized carbons (Fsp3) is 0.700. The van der Waals surface area contributed by atoms with Gasteiger partial charge < -0.3 is 43.4 Å². The Labute approximate surface area is 197 Å². The Kier molecular flexibility index (Phi) is 14.1. The van der Waals surface area contributed by atoms with Crippen LogP contribution >= 0.6 is 0 Å².